The molecular formula is C14H19NO3. The first-order valence-electron chi connectivity index (χ1n) is 6.43. The van der Waals surface area contributed by atoms with Crippen molar-refractivity contribution in [2.75, 3.05) is 26.4 Å². The van der Waals surface area contributed by atoms with Crippen molar-refractivity contribution >= 4 is 0 Å². The maximum Gasteiger partial charge on any atom is 0.161 e. The van der Waals surface area contributed by atoms with E-state index in [1.54, 1.807) is 0 Å². The predicted molar refractivity (Wildman–Crippen MR) is 68.2 cm³/mol. The molecule has 1 unspecified atom stereocenters. The van der Waals surface area contributed by atoms with Crippen molar-refractivity contribution in [1.29, 1.82) is 0 Å². The van der Waals surface area contributed by atoms with Gasteiger partial charge in [-0.3, -0.25) is 0 Å². The molecule has 18 heavy (non-hydrogen) atoms. The quantitative estimate of drug-likeness (QED) is 0.825. The lowest BCUT2D eigenvalue weighted by Crippen LogP contribution is -2.51. The Morgan fingerprint density at radius 3 is 2.67 bits per heavy atom. The molecule has 0 saturated carbocycles. The summed E-state index contributed by atoms with van der Waals surface area (Å²) in [6.07, 6.45) is 0.0436. The molecule has 0 aliphatic carbocycles. The van der Waals surface area contributed by atoms with Gasteiger partial charge < -0.3 is 19.5 Å². The topological polar surface area (TPSA) is 39.7 Å². The van der Waals surface area contributed by atoms with Crippen LogP contribution in [0.4, 0.5) is 0 Å². The minimum atomic E-state index is -0.0674. The normalized spacial score (nSPS) is 25.8. The van der Waals surface area contributed by atoms with Crippen LogP contribution in [0, 0.1) is 0 Å². The van der Waals surface area contributed by atoms with Gasteiger partial charge in [-0.25, -0.2) is 0 Å². The average molecular weight is 249 g/mol. The molecule has 98 valence electrons. The van der Waals surface area contributed by atoms with E-state index in [0.29, 0.717) is 13.2 Å². The minimum absolute atomic E-state index is 0.0436. The number of hydrogen-bond acceptors (Lipinski definition) is 4. The van der Waals surface area contributed by atoms with E-state index < -0.39 is 0 Å². The Kier molecular flexibility index (Phi) is 2.92. The molecule has 1 atom stereocenters. The number of fused-ring (bicyclic) bond motifs is 1. The van der Waals surface area contributed by atoms with Gasteiger partial charge in [-0.1, -0.05) is 6.07 Å². The Morgan fingerprint density at radius 1 is 1.11 bits per heavy atom. The van der Waals surface area contributed by atoms with Gasteiger partial charge in [0.05, 0.1) is 6.61 Å². The zero-order chi connectivity index (χ0) is 12.6. The fourth-order valence-electron chi connectivity index (χ4n) is 2.59. The summed E-state index contributed by atoms with van der Waals surface area (Å²) in [7, 11) is 0. The molecule has 4 nitrogen and oxygen atoms in total. The molecule has 0 bridgehead atoms. The fourth-order valence-corrected chi connectivity index (χ4v) is 2.59. The fraction of sp³-hybridized carbons (Fsp3) is 0.571. The van der Waals surface area contributed by atoms with Gasteiger partial charge >= 0.3 is 0 Å². The third-order valence-corrected chi connectivity index (χ3v) is 3.49. The molecular weight excluding hydrogens is 230 g/mol. The van der Waals surface area contributed by atoms with Gasteiger partial charge in [-0.05, 0) is 31.5 Å². The average Bonchev–Trinajstić information content (AvgIpc) is 2.38. The second kappa shape index (κ2) is 4.44. The Hall–Kier alpha value is -1.26. The molecule has 1 fully saturated rings. The summed E-state index contributed by atoms with van der Waals surface area (Å²) < 4.78 is 17.1. The van der Waals surface area contributed by atoms with Crippen LogP contribution >= 0.6 is 0 Å². The van der Waals surface area contributed by atoms with Crippen molar-refractivity contribution in [1.82, 2.24) is 5.32 Å². The Labute approximate surface area is 107 Å². The van der Waals surface area contributed by atoms with Gasteiger partial charge in [0.25, 0.3) is 0 Å². The molecule has 0 amide bonds. The van der Waals surface area contributed by atoms with Crippen LogP contribution in [0.5, 0.6) is 11.5 Å². The zero-order valence-electron chi connectivity index (χ0n) is 10.9. The molecule has 0 aromatic heterocycles. The van der Waals surface area contributed by atoms with E-state index in [2.05, 4.69) is 25.2 Å². The summed E-state index contributed by atoms with van der Waals surface area (Å²) in [5, 5.41) is 3.49. The monoisotopic (exact) mass is 249 g/mol. The second-order valence-corrected chi connectivity index (χ2v) is 5.30. The van der Waals surface area contributed by atoms with E-state index in [4.69, 9.17) is 14.2 Å². The van der Waals surface area contributed by atoms with Crippen molar-refractivity contribution in [3.05, 3.63) is 23.8 Å². The largest absolute Gasteiger partial charge is 0.486 e. The first-order chi connectivity index (χ1) is 8.67. The molecule has 2 aliphatic heterocycles. The van der Waals surface area contributed by atoms with Gasteiger partial charge in [0.15, 0.2) is 11.5 Å². The van der Waals surface area contributed by atoms with Crippen LogP contribution in [0.2, 0.25) is 0 Å². The minimum Gasteiger partial charge on any atom is -0.486 e. The standard InChI is InChI=1S/C14H19NO3/c1-14(2)13(18-6-5-15-14)10-3-4-11-12(9-10)17-8-7-16-11/h3-4,9,13,15H,5-8H2,1-2H3. The lowest BCUT2D eigenvalue weighted by Gasteiger charge is -2.40. The number of hydrogen-bond donors (Lipinski definition) is 1. The van der Waals surface area contributed by atoms with Crippen molar-refractivity contribution in [3.63, 3.8) is 0 Å². The molecule has 1 N–H and O–H groups in total. The maximum absolute atomic E-state index is 5.91. The first kappa shape index (κ1) is 11.8. The summed E-state index contributed by atoms with van der Waals surface area (Å²) >= 11 is 0. The van der Waals surface area contributed by atoms with Crippen LogP contribution < -0.4 is 14.8 Å². The van der Waals surface area contributed by atoms with E-state index in [9.17, 15) is 0 Å². The third-order valence-electron chi connectivity index (χ3n) is 3.49. The van der Waals surface area contributed by atoms with Crippen molar-refractivity contribution < 1.29 is 14.2 Å². The van der Waals surface area contributed by atoms with Crippen LogP contribution in [0.25, 0.3) is 0 Å². The summed E-state index contributed by atoms with van der Waals surface area (Å²) in [5.41, 5.74) is 1.07. The van der Waals surface area contributed by atoms with E-state index >= 15 is 0 Å². The predicted octanol–water partition coefficient (Wildman–Crippen LogP) is 1.90. The van der Waals surface area contributed by atoms with Crippen molar-refractivity contribution in [2.24, 2.45) is 0 Å². The summed E-state index contributed by atoms with van der Waals surface area (Å²) in [5.74, 6) is 1.65. The number of morpholine rings is 1. The lowest BCUT2D eigenvalue weighted by atomic mass is 9.89. The highest BCUT2D eigenvalue weighted by atomic mass is 16.6. The molecule has 1 saturated heterocycles. The molecule has 2 aliphatic rings. The molecule has 4 heteroatoms. The van der Waals surface area contributed by atoms with E-state index in [1.807, 2.05) is 12.1 Å². The van der Waals surface area contributed by atoms with Gasteiger partial charge in [-0.15, -0.1) is 0 Å². The summed E-state index contributed by atoms with van der Waals surface area (Å²) in [4.78, 5) is 0. The SMILES string of the molecule is CC1(C)NCCOC1c1ccc2c(c1)OCCO2. The molecule has 1 aromatic carbocycles. The smallest absolute Gasteiger partial charge is 0.161 e. The van der Waals surface area contributed by atoms with E-state index in [-0.39, 0.29) is 11.6 Å². The molecule has 1 aromatic rings. The summed E-state index contributed by atoms with van der Waals surface area (Å²) in [6.45, 7) is 7.20. The summed E-state index contributed by atoms with van der Waals surface area (Å²) in [6, 6.07) is 6.07. The molecule has 2 heterocycles. The van der Waals surface area contributed by atoms with Crippen molar-refractivity contribution in [3.8, 4) is 11.5 Å². The third kappa shape index (κ3) is 2.06. The van der Waals surface area contributed by atoms with Gasteiger partial charge in [0.2, 0.25) is 0 Å². The molecule has 0 spiro atoms. The Balaban J connectivity index is 1.91. The van der Waals surface area contributed by atoms with Crippen molar-refractivity contribution in [2.45, 2.75) is 25.5 Å². The Bertz CT molecular complexity index is 445. The highest BCUT2D eigenvalue weighted by molar-refractivity contribution is 5.45. The maximum atomic E-state index is 5.91. The number of rotatable bonds is 1. The molecule has 0 radical (unpaired) electrons. The number of nitrogens with one attached hydrogen (secondary N) is 1. The lowest BCUT2D eigenvalue weighted by molar-refractivity contribution is -0.0389. The van der Waals surface area contributed by atoms with Gasteiger partial charge in [0, 0.05) is 12.1 Å². The zero-order valence-corrected chi connectivity index (χ0v) is 10.9. The highest BCUT2D eigenvalue weighted by Gasteiger charge is 2.34. The highest BCUT2D eigenvalue weighted by Crippen LogP contribution is 2.37. The van der Waals surface area contributed by atoms with Gasteiger partial charge in [-0.2, -0.15) is 0 Å². The first-order valence-corrected chi connectivity index (χ1v) is 6.43. The van der Waals surface area contributed by atoms with Crippen LogP contribution in [0.15, 0.2) is 18.2 Å². The molecule has 3 rings (SSSR count). The number of benzene rings is 1. The Morgan fingerprint density at radius 2 is 1.89 bits per heavy atom. The van der Waals surface area contributed by atoms with E-state index in [1.165, 1.54) is 0 Å². The van der Waals surface area contributed by atoms with Crippen LogP contribution in [-0.2, 0) is 4.74 Å². The van der Waals surface area contributed by atoms with Crippen LogP contribution in [0.3, 0.4) is 0 Å². The second-order valence-electron chi connectivity index (χ2n) is 5.30. The van der Waals surface area contributed by atoms with Crippen LogP contribution in [-0.4, -0.2) is 31.9 Å². The number of ether oxygens (including phenoxy) is 3. The van der Waals surface area contributed by atoms with Crippen LogP contribution in [0.1, 0.15) is 25.5 Å². The van der Waals surface area contributed by atoms with Gasteiger partial charge in [0.1, 0.15) is 19.3 Å². The van der Waals surface area contributed by atoms with E-state index in [0.717, 1.165) is 30.2 Å².